The van der Waals surface area contributed by atoms with Crippen molar-refractivity contribution in [3.63, 3.8) is 0 Å². The summed E-state index contributed by atoms with van der Waals surface area (Å²) in [5.74, 6) is 0. The maximum Gasteiger partial charge on any atom is 0.243 e. The Morgan fingerprint density at radius 3 is 2.26 bits per heavy atom. The van der Waals surface area contributed by atoms with Crippen LogP contribution in [0.2, 0.25) is 0 Å². The first kappa shape index (κ1) is 17.4. The summed E-state index contributed by atoms with van der Waals surface area (Å²) in [5, 5.41) is 8.86. The molecule has 0 amide bonds. The lowest BCUT2D eigenvalue weighted by Crippen LogP contribution is -2.31. The van der Waals surface area contributed by atoms with E-state index < -0.39 is 10.0 Å². The number of aliphatic hydroxyl groups excluding tert-OH is 1. The summed E-state index contributed by atoms with van der Waals surface area (Å²) in [5.41, 5.74) is 1.93. The third-order valence-electron chi connectivity index (χ3n) is 3.44. The van der Waals surface area contributed by atoms with Gasteiger partial charge in [0.2, 0.25) is 10.0 Å². The van der Waals surface area contributed by atoms with Crippen LogP contribution in [0.5, 0.6) is 0 Å². The first-order chi connectivity index (χ1) is 11.0. The van der Waals surface area contributed by atoms with Crippen molar-refractivity contribution in [2.75, 3.05) is 13.2 Å². The smallest absolute Gasteiger partial charge is 0.243 e. The molecule has 5 heteroatoms. The van der Waals surface area contributed by atoms with Crippen molar-refractivity contribution in [2.24, 2.45) is 0 Å². The number of sulfonamides is 1. The first-order valence-corrected chi connectivity index (χ1v) is 8.84. The van der Waals surface area contributed by atoms with E-state index in [2.05, 4.69) is 0 Å². The van der Waals surface area contributed by atoms with Gasteiger partial charge in [0.05, 0.1) is 11.5 Å². The third-order valence-corrected chi connectivity index (χ3v) is 5.27. The molecule has 0 aromatic heterocycles. The van der Waals surface area contributed by atoms with Crippen LogP contribution in [0.15, 0.2) is 71.6 Å². The van der Waals surface area contributed by atoms with Gasteiger partial charge in [0, 0.05) is 13.1 Å². The Bertz CT molecular complexity index is 738. The molecule has 0 unspecified atom stereocenters. The van der Waals surface area contributed by atoms with Gasteiger partial charge in [-0.15, -0.1) is 0 Å². The molecule has 2 aromatic carbocycles. The average molecular weight is 331 g/mol. The monoisotopic (exact) mass is 331 g/mol. The predicted octanol–water partition coefficient (Wildman–Crippen LogP) is 2.73. The molecule has 0 saturated heterocycles. The Hall–Kier alpha value is -1.95. The molecule has 23 heavy (non-hydrogen) atoms. The van der Waals surface area contributed by atoms with E-state index >= 15 is 0 Å². The molecule has 2 rings (SSSR count). The minimum Gasteiger partial charge on any atom is -0.392 e. The van der Waals surface area contributed by atoms with Gasteiger partial charge in [-0.05, 0) is 24.6 Å². The van der Waals surface area contributed by atoms with Gasteiger partial charge in [0.1, 0.15) is 0 Å². The fraction of sp³-hybridized carbons (Fsp3) is 0.222. The van der Waals surface area contributed by atoms with Crippen molar-refractivity contribution >= 4 is 10.0 Å². The van der Waals surface area contributed by atoms with E-state index in [1.54, 1.807) is 36.4 Å². The van der Waals surface area contributed by atoms with Crippen molar-refractivity contribution in [3.8, 4) is 0 Å². The molecular formula is C18H21NO3S. The number of aryl methyl sites for hydroxylation is 1. The Morgan fingerprint density at radius 2 is 1.65 bits per heavy atom. The van der Waals surface area contributed by atoms with E-state index in [1.807, 2.05) is 37.3 Å². The predicted molar refractivity (Wildman–Crippen MR) is 91.4 cm³/mol. The summed E-state index contributed by atoms with van der Waals surface area (Å²) in [6, 6.07) is 16.3. The summed E-state index contributed by atoms with van der Waals surface area (Å²) in [4.78, 5) is 0.274. The Balaban J connectivity index is 2.31. The van der Waals surface area contributed by atoms with E-state index in [9.17, 15) is 8.42 Å². The molecule has 0 fully saturated rings. The SMILES string of the molecule is Cc1ccc(S(=O)(=O)N(C/C=C\CO)Cc2ccccc2)cc1. The number of aliphatic hydroxyl groups is 1. The number of rotatable bonds is 7. The van der Waals surface area contributed by atoms with Gasteiger partial charge in [-0.2, -0.15) is 4.31 Å². The quantitative estimate of drug-likeness (QED) is 0.794. The maximum absolute atomic E-state index is 12.9. The lowest BCUT2D eigenvalue weighted by molar-refractivity contribution is 0.341. The van der Waals surface area contributed by atoms with E-state index in [1.165, 1.54) is 4.31 Å². The van der Waals surface area contributed by atoms with Crippen LogP contribution in [0.4, 0.5) is 0 Å². The van der Waals surface area contributed by atoms with Gasteiger partial charge in [0.25, 0.3) is 0 Å². The lowest BCUT2D eigenvalue weighted by Gasteiger charge is -2.21. The van der Waals surface area contributed by atoms with Crippen LogP contribution in [0.25, 0.3) is 0 Å². The van der Waals surface area contributed by atoms with Gasteiger partial charge >= 0.3 is 0 Å². The number of benzene rings is 2. The van der Waals surface area contributed by atoms with Crippen LogP contribution in [0.3, 0.4) is 0 Å². The average Bonchev–Trinajstić information content (AvgIpc) is 2.55. The molecule has 0 bridgehead atoms. The van der Waals surface area contributed by atoms with Crippen LogP contribution >= 0.6 is 0 Å². The van der Waals surface area contributed by atoms with Crippen molar-refractivity contribution in [2.45, 2.75) is 18.4 Å². The summed E-state index contributed by atoms with van der Waals surface area (Å²) >= 11 is 0. The fourth-order valence-electron chi connectivity index (χ4n) is 2.16. The van der Waals surface area contributed by atoms with Crippen LogP contribution in [0.1, 0.15) is 11.1 Å². The molecule has 0 radical (unpaired) electrons. The molecule has 2 aromatic rings. The van der Waals surface area contributed by atoms with Crippen molar-refractivity contribution in [1.29, 1.82) is 0 Å². The summed E-state index contributed by atoms with van der Waals surface area (Å²) in [6.45, 7) is 2.31. The minimum atomic E-state index is -3.60. The van der Waals surface area contributed by atoms with E-state index in [-0.39, 0.29) is 24.6 Å². The highest BCUT2D eigenvalue weighted by Gasteiger charge is 2.23. The summed E-state index contributed by atoms with van der Waals surface area (Å²) in [7, 11) is -3.60. The van der Waals surface area contributed by atoms with Crippen molar-refractivity contribution in [3.05, 3.63) is 77.9 Å². The zero-order chi connectivity index (χ0) is 16.7. The van der Waals surface area contributed by atoms with Gasteiger partial charge in [-0.3, -0.25) is 0 Å². The molecule has 1 N–H and O–H groups in total. The third kappa shape index (κ3) is 4.76. The number of nitrogens with zero attached hydrogens (tertiary/aromatic N) is 1. The van der Waals surface area contributed by atoms with Crippen LogP contribution < -0.4 is 0 Å². The standard InChI is InChI=1S/C18H21NO3S/c1-16-9-11-18(12-10-16)23(21,22)19(13-5-6-14-20)15-17-7-3-2-4-8-17/h2-12,20H,13-15H2,1H3/b6-5-. The van der Waals surface area contributed by atoms with E-state index in [0.29, 0.717) is 0 Å². The largest absolute Gasteiger partial charge is 0.392 e. The normalized spacial score (nSPS) is 12.1. The van der Waals surface area contributed by atoms with E-state index in [4.69, 9.17) is 5.11 Å². The van der Waals surface area contributed by atoms with Crippen molar-refractivity contribution in [1.82, 2.24) is 4.31 Å². The Morgan fingerprint density at radius 1 is 1.00 bits per heavy atom. The maximum atomic E-state index is 12.9. The highest BCUT2D eigenvalue weighted by Crippen LogP contribution is 2.19. The second kappa shape index (κ2) is 8.06. The minimum absolute atomic E-state index is 0.107. The van der Waals surface area contributed by atoms with Crippen LogP contribution in [0, 0.1) is 6.92 Å². The molecule has 0 saturated carbocycles. The zero-order valence-corrected chi connectivity index (χ0v) is 13.9. The number of hydrogen-bond acceptors (Lipinski definition) is 3. The second-order valence-corrected chi connectivity index (χ2v) is 7.19. The summed E-state index contributed by atoms with van der Waals surface area (Å²) in [6.07, 6.45) is 3.21. The van der Waals surface area contributed by atoms with Gasteiger partial charge in [0.15, 0.2) is 0 Å². The fourth-order valence-corrected chi connectivity index (χ4v) is 3.54. The second-order valence-electron chi connectivity index (χ2n) is 5.25. The van der Waals surface area contributed by atoms with Gasteiger partial charge in [-0.25, -0.2) is 8.42 Å². The molecule has 0 atom stereocenters. The molecule has 0 spiro atoms. The van der Waals surface area contributed by atoms with Gasteiger partial charge < -0.3 is 5.11 Å². The number of hydrogen-bond donors (Lipinski definition) is 1. The molecule has 122 valence electrons. The first-order valence-electron chi connectivity index (χ1n) is 7.40. The van der Waals surface area contributed by atoms with E-state index in [0.717, 1.165) is 11.1 Å². The molecular weight excluding hydrogens is 310 g/mol. The zero-order valence-electron chi connectivity index (χ0n) is 13.1. The van der Waals surface area contributed by atoms with Crippen molar-refractivity contribution < 1.29 is 13.5 Å². The van der Waals surface area contributed by atoms with Crippen LogP contribution in [-0.4, -0.2) is 31.0 Å². The topological polar surface area (TPSA) is 57.6 Å². The Kier molecular flexibility index (Phi) is 6.10. The molecule has 0 heterocycles. The lowest BCUT2D eigenvalue weighted by atomic mass is 10.2. The van der Waals surface area contributed by atoms with Gasteiger partial charge in [-0.1, -0.05) is 60.2 Å². The van der Waals surface area contributed by atoms with Crippen LogP contribution in [-0.2, 0) is 16.6 Å². The molecule has 0 aliphatic heterocycles. The highest BCUT2D eigenvalue weighted by molar-refractivity contribution is 7.89. The molecule has 0 aliphatic rings. The highest BCUT2D eigenvalue weighted by atomic mass is 32.2. The Labute approximate surface area is 137 Å². The summed E-state index contributed by atoms with van der Waals surface area (Å²) < 4.78 is 27.1. The molecule has 0 aliphatic carbocycles. The molecule has 4 nitrogen and oxygen atoms in total.